The summed E-state index contributed by atoms with van der Waals surface area (Å²) in [6, 6.07) is 23.9. The van der Waals surface area contributed by atoms with E-state index in [2.05, 4.69) is 15.6 Å². The van der Waals surface area contributed by atoms with E-state index in [-0.39, 0.29) is 6.03 Å². The van der Waals surface area contributed by atoms with Crippen LogP contribution in [-0.4, -0.2) is 22.3 Å². The quantitative estimate of drug-likeness (QED) is 0.402. The highest BCUT2D eigenvalue weighted by Crippen LogP contribution is 2.31. The van der Waals surface area contributed by atoms with Crippen LogP contribution in [-0.2, 0) is 11.0 Å². The van der Waals surface area contributed by atoms with E-state index in [4.69, 9.17) is 0 Å². The Kier molecular flexibility index (Phi) is 6.40. The minimum absolute atomic E-state index is 0.321. The van der Waals surface area contributed by atoms with E-state index >= 15 is 0 Å². The zero-order valence-corrected chi connectivity index (χ0v) is 18.3. The monoisotopic (exact) mass is 448 g/mol. The van der Waals surface area contributed by atoms with Crippen molar-refractivity contribution in [2.24, 2.45) is 0 Å². The van der Waals surface area contributed by atoms with Crippen LogP contribution in [0.4, 0.5) is 21.9 Å². The molecule has 2 aromatic heterocycles. The minimum atomic E-state index is -1.34. The molecule has 4 rings (SSSR count). The van der Waals surface area contributed by atoms with Crippen molar-refractivity contribution in [3.63, 3.8) is 0 Å². The van der Waals surface area contributed by atoms with Gasteiger partial charge in [0.1, 0.15) is 4.21 Å². The molecule has 6 nitrogen and oxygen atoms in total. The molecule has 0 bridgehead atoms. The van der Waals surface area contributed by atoms with Crippen molar-refractivity contribution in [2.45, 2.75) is 4.21 Å². The summed E-state index contributed by atoms with van der Waals surface area (Å²) in [5.41, 5.74) is 3.20. The van der Waals surface area contributed by atoms with Crippen LogP contribution in [0.3, 0.4) is 0 Å². The third-order valence-electron chi connectivity index (χ3n) is 4.49. The first kappa shape index (κ1) is 20.8. The number of nitrogens with zero attached hydrogens (tertiary/aromatic N) is 2. The van der Waals surface area contributed by atoms with E-state index < -0.39 is 11.0 Å². The Hall–Kier alpha value is -3.49. The number of para-hydroxylation sites is 1. The highest BCUT2D eigenvalue weighted by Gasteiger charge is 2.15. The Balaban J connectivity index is 1.40. The van der Waals surface area contributed by atoms with Gasteiger partial charge in [-0.2, -0.15) is 0 Å². The molecule has 0 aliphatic heterocycles. The first-order chi connectivity index (χ1) is 15.1. The van der Waals surface area contributed by atoms with Crippen LogP contribution in [0.1, 0.15) is 0 Å². The van der Waals surface area contributed by atoms with Gasteiger partial charge in [-0.05, 0) is 66.2 Å². The van der Waals surface area contributed by atoms with Gasteiger partial charge in [-0.3, -0.25) is 9.29 Å². The molecule has 2 N–H and O–H groups in total. The summed E-state index contributed by atoms with van der Waals surface area (Å²) in [5.74, 6) is 0. The summed E-state index contributed by atoms with van der Waals surface area (Å²) in [6.45, 7) is 0. The number of thiophene rings is 1. The molecular formula is C23H20N4O2S2. The topological polar surface area (TPSA) is 74.3 Å². The lowest BCUT2D eigenvalue weighted by Gasteiger charge is -2.17. The number of nitrogens with one attached hydrogen (secondary N) is 2. The van der Waals surface area contributed by atoms with Crippen LogP contribution in [0.5, 0.6) is 0 Å². The minimum Gasteiger partial charge on any atom is -0.308 e. The number of hydrogen-bond donors (Lipinski definition) is 2. The number of rotatable bonds is 6. The molecule has 2 aromatic carbocycles. The molecule has 0 saturated carbocycles. The Bertz CT molecular complexity index is 1180. The van der Waals surface area contributed by atoms with Crippen molar-refractivity contribution in [2.75, 3.05) is 22.0 Å². The molecule has 0 radical (unpaired) electrons. The van der Waals surface area contributed by atoms with Crippen molar-refractivity contribution in [3.8, 4) is 10.4 Å². The molecule has 0 aliphatic rings. The van der Waals surface area contributed by atoms with Gasteiger partial charge in [-0.1, -0.05) is 18.2 Å². The number of amides is 2. The maximum atomic E-state index is 13.0. The highest BCUT2D eigenvalue weighted by atomic mass is 32.2. The van der Waals surface area contributed by atoms with E-state index in [1.165, 1.54) is 11.3 Å². The first-order valence-corrected chi connectivity index (χ1v) is 11.4. The average molecular weight is 449 g/mol. The molecule has 156 valence electrons. The van der Waals surface area contributed by atoms with Gasteiger partial charge in [0, 0.05) is 41.4 Å². The molecule has 8 heteroatoms. The van der Waals surface area contributed by atoms with E-state index in [1.54, 1.807) is 35.9 Å². The number of aromatic nitrogens is 1. The summed E-state index contributed by atoms with van der Waals surface area (Å²) in [4.78, 5) is 17.2. The van der Waals surface area contributed by atoms with E-state index in [1.807, 2.05) is 66.7 Å². The van der Waals surface area contributed by atoms with Gasteiger partial charge in [-0.15, -0.1) is 11.3 Å². The lowest BCUT2D eigenvalue weighted by Crippen LogP contribution is -2.20. The van der Waals surface area contributed by atoms with Gasteiger partial charge in [0.2, 0.25) is 0 Å². The summed E-state index contributed by atoms with van der Waals surface area (Å²) in [6.07, 6.45) is 3.49. The molecular weight excluding hydrogens is 428 g/mol. The second-order valence-corrected chi connectivity index (χ2v) is 9.42. The SMILES string of the molecule is CN(c1ccc(NC(=O)Nc2ccccc2)cc1)S(=O)c1ccc(-c2ccncc2)s1. The summed E-state index contributed by atoms with van der Waals surface area (Å²) < 4.78 is 15.5. The molecule has 2 amide bonds. The van der Waals surface area contributed by atoms with Crippen LogP contribution in [0.25, 0.3) is 10.4 Å². The van der Waals surface area contributed by atoms with Crippen molar-refractivity contribution >= 4 is 45.4 Å². The Morgan fingerprint density at radius 1 is 0.871 bits per heavy atom. The van der Waals surface area contributed by atoms with Gasteiger partial charge >= 0.3 is 6.03 Å². The largest absolute Gasteiger partial charge is 0.323 e. The van der Waals surface area contributed by atoms with E-state index in [9.17, 15) is 9.00 Å². The predicted octanol–water partition coefficient (Wildman–Crippen LogP) is 5.61. The molecule has 1 atom stereocenters. The highest BCUT2D eigenvalue weighted by molar-refractivity contribution is 7.88. The first-order valence-electron chi connectivity index (χ1n) is 9.49. The molecule has 0 aliphatic carbocycles. The van der Waals surface area contributed by atoms with Gasteiger partial charge in [0.15, 0.2) is 11.0 Å². The smallest absolute Gasteiger partial charge is 0.308 e. The zero-order valence-electron chi connectivity index (χ0n) is 16.7. The van der Waals surface area contributed by atoms with Crippen molar-refractivity contribution in [1.29, 1.82) is 0 Å². The Morgan fingerprint density at radius 2 is 1.52 bits per heavy atom. The molecule has 2 heterocycles. The second-order valence-electron chi connectivity index (χ2n) is 6.59. The van der Waals surface area contributed by atoms with Crippen molar-refractivity contribution in [3.05, 3.63) is 91.3 Å². The lowest BCUT2D eigenvalue weighted by molar-refractivity contribution is 0.262. The van der Waals surface area contributed by atoms with Crippen molar-refractivity contribution < 1.29 is 9.00 Å². The predicted molar refractivity (Wildman–Crippen MR) is 128 cm³/mol. The Labute approximate surface area is 187 Å². The van der Waals surface area contributed by atoms with Crippen LogP contribution in [0.2, 0.25) is 0 Å². The zero-order chi connectivity index (χ0) is 21.6. The fourth-order valence-electron chi connectivity index (χ4n) is 2.89. The number of carbonyl (C=O) groups excluding carboxylic acids is 1. The second kappa shape index (κ2) is 9.55. The fourth-order valence-corrected chi connectivity index (χ4v) is 5.29. The lowest BCUT2D eigenvalue weighted by atomic mass is 10.2. The van der Waals surface area contributed by atoms with Crippen molar-refractivity contribution in [1.82, 2.24) is 4.98 Å². The van der Waals surface area contributed by atoms with Gasteiger partial charge in [0.25, 0.3) is 0 Å². The maximum absolute atomic E-state index is 13.0. The standard InChI is InChI=1S/C23H20N4O2S2/c1-27(31(29)22-12-11-21(30-22)17-13-15-24-16-14-17)20-9-7-19(8-10-20)26-23(28)25-18-5-3-2-4-6-18/h2-16H,1H3,(H2,25,26,28). The summed E-state index contributed by atoms with van der Waals surface area (Å²) >= 11 is 1.49. The van der Waals surface area contributed by atoms with Gasteiger partial charge < -0.3 is 10.6 Å². The number of benzene rings is 2. The number of anilines is 3. The molecule has 1 unspecified atom stereocenters. The van der Waals surface area contributed by atoms with E-state index in [0.717, 1.165) is 20.3 Å². The Morgan fingerprint density at radius 3 is 2.19 bits per heavy atom. The maximum Gasteiger partial charge on any atom is 0.323 e. The van der Waals surface area contributed by atoms with E-state index in [0.29, 0.717) is 11.4 Å². The summed E-state index contributed by atoms with van der Waals surface area (Å²) in [7, 11) is 0.445. The van der Waals surface area contributed by atoms with Gasteiger partial charge in [-0.25, -0.2) is 9.00 Å². The van der Waals surface area contributed by atoms with Crippen LogP contribution in [0, 0.1) is 0 Å². The number of urea groups is 1. The average Bonchev–Trinajstić information content (AvgIpc) is 3.30. The van der Waals surface area contributed by atoms with Gasteiger partial charge in [0.05, 0.1) is 0 Å². The summed E-state index contributed by atoms with van der Waals surface area (Å²) in [5, 5.41) is 5.56. The molecule has 31 heavy (non-hydrogen) atoms. The number of carbonyl (C=O) groups is 1. The third-order valence-corrected chi connectivity index (χ3v) is 7.28. The molecule has 4 aromatic rings. The van der Waals surface area contributed by atoms with Crippen LogP contribution >= 0.6 is 11.3 Å². The molecule has 0 spiro atoms. The van der Waals surface area contributed by atoms with Crippen LogP contribution < -0.4 is 14.9 Å². The number of hydrogen-bond acceptors (Lipinski definition) is 4. The molecule has 0 saturated heterocycles. The van der Waals surface area contributed by atoms with Crippen LogP contribution in [0.15, 0.2) is 95.5 Å². The fraction of sp³-hybridized carbons (Fsp3) is 0.0435. The molecule has 0 fully saturated rings. The number of pyridine rings is 1. The normalized spacial score (nSPS) is 11.5. The third kappa shape index (κ3) is 5.17.